The minimum atomic E-state index is -0.221. The molecular formula is C20H20O3. The van der Waals surface area contributed by atoms with Gasteiger partial charge in [-0.15, -0.1) is 0 Å². The van der Waals surface area contributed by atoms with Gasteiger partial charge >= 0.3 is 0 Å². The number of fused-ring (bicyclic) bond motifs is 1. The molecule has 0 aliphatic heterocycles. The number of benzene rings is 2. The van der Waals surface area contributed by atoms with Crippen LogP contribution in [0, 0.1) is 0 Å². The van der Waals surface area contributed by atoms with Crippen LogP contribution in [-0.2, 0) is 6.42 Å². The van der Waals surface area contributed by atoms with Crippen molar-refractivity contribution in [3.8, 4) is 5.75 Å². The van der Waals surface area contributed by atoms with E-state index in [0.717, 1.165) is 11.3 Å². The lowest BCUT2D eigenvalue weighted by molar-refractivity contribution is 0.131. The SMILES string of the molecule is CC(C)(C)Oc1ccc(Cc2coc3ccccc3c2=O)cc1. The van der Waals surface area contributed by atoms with Crippen LogP contribution in [0.4, 0.5) is 0 Å². The smallest absolute Gasteiger partial charge is 0.196 e. The van der Waals surface area contributed by atoms with Gasteiger partial charge in [0.2, 0.25) is 0 Å². The molecule has 0 atom stereocenters. The van der Waals surface area contributed by atoms with Gasteiger partial charge in [0.05, 0.1) is 11.6 Å². The average Bonchev–Trinajstić information content (AvgIpc) is 2.51. The first-order chi connectivity index (χ1) is 10.9. The Morgan fingerprint density at radius 2 is 1.70 bits per heavy atom. The van der Waals surface area contributed by atoms with Crippen LogP contribution in [0.1, 0.15) is 31.9 Å². The molecule has 1 aromatic heterocycles. The minimum Gasteiger partial charge on any atom is -0.488 e. The van der Waals surface area contributed by atoms with Gasteiger partial charge in [0.25, 0.3) is 0 Å². The molecule has 0 N–H and O–H groups in total. The summed E-state index contributed by atoms with van der Waals surface area (Å²) in [5.41, 5.74) is 2.14. The molecule has 0 aliphatic carbocycles. The van der Waals surface area contributed by atoms with Crippen molar-refractivity contribution < 1.29 is 9.15 Å². The van der Waals surface area contributed by atoms with E-state index < -0.39 is 0 Å². The summed E-state index contributed by atoms with van der Waals surface area (Å²) in [6, 6.07) is 15.1. The molecule has 0 saturated carbocycles. The van der Waals surface area contributed by atoms with E-state index in [9.17, 15) is 4.79 Å². The van der Waals surface area contributed by atoms with Crippen LogP contribution in [0.15, 0.2) is 64.0 Å². The van der Waals surface area contributed by atoms with Crippen molar-refractivity contribution in [2.75, 3.05) is 0 Å². The van der Waals surface area contributed by atoms with E-state index in [-0.39, 0.29) is 11.0 Å². The first-order valence-electron chi connectivity index (χ1n) is 7.70. The molecule has 0 amide bonds. The standard InChI is InChI=1S/C20H20O3/c1-20(2,3)23-16-10-8-14(9-11-16)12-15-13-22-18-7-5-4-6-17(18)19(15)21/h4-11,13H,12H2,1-3H3. The molecule has 1 heterocycles. The van der Waals surface area contributed by atoms with Crippen LogP contribution in [-0.4, -0.2) is 5.60 Å². The Labute approximate surface area is 135 Å². The Bertz CT molecular complexity index is 868. The monoisotopic (exact) mass is 308 g/mol. The van der Waals surface area contributed by atoms with Gasteiger partial charge in [-0.1, -0.05) is 24.3 Å². The second-order valence-corrected chi connectivity index (χ2v) is 6.62. The summed E-state index contributed by atoms with van der Waals surface area (Å²) >= 11 is 0. The molecule has 0 unspecified atom stereocenters. The van der Waals surface area contributed by atoms with Crippen molar-refractivity contribution in [3.63, 3.8) is 0 Å². The van der Waals surface area contributed by atoms with Crippen LogP contribution in [0.25, 0.3) is 11.0 Å². The first kappa shape index (κ1) is 15.3. The van der Waals surface area contributed by atoms with Crippen molar-refractivity contribution >= 4 is 11.0 Å². The highest BCUT2D eigenvalue weighted by Crippen LogP contribution is 2.20. The highest BCUT2D eigenvalue weighted by atomic mass is 16.5. The van der Waals surface area contributed by atoms with E-state index in [1.807, 2.05) is 57.2 Å². The molecule has 118 valence electrons. The van der Waals surface area contributed by atoms with Crippen LogP contribution in [0.3, 0.4) is 0 Å². The summed E-state index contributed by atoms with van der Waals surface area (Å²) in [7, 11) is 0. The summed E-state index contributed by atoms with van der Waals surface area (Å²) in [5.74, 6) is 0.826. The summed E-state index contributed by atoms with van der Waals surface area (Å²) in [6.45, 7) is 6.05. The molecule has 0 radical (unpaired) electrons. The summed E-state index contributed by atoms with van der Waals surface area (Å²) in [5, 5.41) is 0.623. The van der Waals surface area contributed by atoms with Crippen molar-refractivity contribution in [3.05, 3.63) is 76.1 Å². The predicted octanol–water partition coefficient (Wildman–Crippen LogP) is 4.56. The van der Waals surface area contributed by atoms with Gasteiger partial charge in [-0.2, -0.15) is 0 Å². The maximum absolute atomic E-state index is 12.5. The zero-order chi connectivity index (χ0) is 16.4. The highest BCUT2D eigenvalue weighted by Gasteiger charge is 2.12. The van der Waals surface area contributed by atoms with E-state index >= 15 is 0 Å². The maximum Gasteiger partial charge on any atom is 0.196 e. The van der Waals surface area contributed by atoms with Gasteiger partial charge in [0, 0.05) is 12.0 Å². The lowest BCUT2D eigenvalue weighted by atomic mass is 10.0. The topological polar surface area (TPSA) is 39.4 Å². The van der Waals surface area contributed by atoms with Gasteiger partial charge in [-0.05, 0) is 50.6 Å². The molecule has 0 saturated heterocycles. The van der Waals surface area contributed by atoms with Crippen molar-refractivity contribution in [2.24, 2.45) is 0 Å². The normalized spacial score (nSPS) is 11.6. The third-order valence-electron chi connectivity index (χ3n) is 3.49. The lowest BCUT2D eigenvalue weighted by Gasteiger charge is -2.21. The third-order valence-corrected chi connectivity index (χ3v) is 3.49. The Morgan fingerprint density at radius 1 is 1.00 bits per heavy atom. The highest BCUT2D eigenvalue weighted by molar-refractivity contribution is 5.76. The number of rotatable bonds is 3. The van der Waals surface area contributed by atoms with Crippen LogP contribution in [0.5, 0.6) is 5.75 Å². The van der Waals surface area contributed by atoms with Gasteiger partial charge in [-0.25, -0.2) is 0 Å². The quantitative estimate of drug-likeness (QED) is 0.712. The molecule has 3 aromatic rings. The summed E-state index contributed by atoms with van der Waals surface area (Å²) in [6.07, 6.45) is 2.10. The second kappa shape index (κ2) is 5.92. The molecule has 0 aliphatic rings. The van der Waals surface area contributed by atoms with E-state index in [2.05, 4.69) is 0 Å². The molecule has 23 heavy (non-hydrogen) atoms. The molecular weight excluding hydrogens is 288 g/mol. The van der Waals surface area contributed by atoms with Gasteiger partial charge in [0.15, 0.2) is 5.43 Å². The average molecular weight is 308 g/mol. The number of ether oxygens (including phenoxy) is 1. The Hall–Kier alpha value is -2.55. The molecule has 0 bridgehead atoms. The molecule has 0 spiro atoms. The van der Waals surface area contributed by atoms with Gasteiger partial charge in [-0.3, -0.25) is 4.79 Å². The summed E-state index contributed by atoms with van der Waals surface area (Å²) in [4.78, 5) is 12.5. The fourth-order valence-electron chi connectivity index (χ4n) is 2.49. The molecule has 3 heteroatoms. The van der Waals surface area contributed by atoms with Gasteiger partial charge < -0.3 is 9.15 Å². The Morgan fingerprint density at radius 3 is 2.39 bits per heavy atom. The van der Waals surface area contributed by atoms with E-state index in [0.29, 0.717) is 23.0 Å². The van der Waals surface area contributed by atoms with Crippen molar-refractivity contribution in [1.82, 2.24) is 0 Å². The largest absolute Gasteiger partial charge is 0.488 e. The third kappa shape index (κ3) is 3.62. The van der Waals surface area contributed by atoms with Crippen LogP contribution < -0.4 is 10.2 Å². The van der Waals surface area contributed by atoms with E-state index in [1.165, 1.54) is 0 Å². The number of hydrogen-bond acceptors (Lipinski definition) is 3. The lowest BCUT2D eigenvalue weighted by Crippen LogP contribution is -2.22. The first-order valence-corrected chi connectivity index (χ1v) is 7.70. The minimum absolute atomic E-state index is 0.0295. The van der Waals surface area contributed by atoms with E-state index in [4.69, 9.17) is 9.15 Å². The van der Waals surface area contributed by atoms with E-state index in [1.54, 1.807) is 18.4 Å². The molecule has 3 nitrogen and oxygen atoms in total. The Balaban J connectivity index is 1.85. The fourth-order valence-corrected chi connectivity index (χ4v) is 2.49. The maximum atomic E-state index is 12.5. The van der Waals surface area contributed by atoms with Crippen molar-refractivity contribution in [1.29, 1.82) is 0 Å². The van der Waals surface area contributed by atoms with Gasteiger partial charge in [0.1, 0.15) is 16.9 Å². The molecule has 3 rings (SSSR count). The second-order valence-electron chi connectivity index (χ2n) is 6.62. The summed E-state index contributed by atoms with van der Waals surface area (Å²) < 4.78 is 11.4. The Kier molecular flexibility index (Phi) is 3.95. The predicted molar refractivity (Wildman–Crippen MR) is 92.1 cm³/mol. The zero-order valence-electron chi connectivity index (χ0n) is 13.6. The zero-order valence-corrected chi connectivity index (χ0v) is 13.6. The number of para-hydroxylation sites is 1. The van der Waals surface area contributed by atoms with Crippen molar-refractivity contribution in [2.45, 2.75) is 32.8 Å². The van der Waals surface area contributed by atoms with Crippen LogP contribution in [0.2, 0.25) is 0 Å². The fraction of sp³-hybridized carbons (Fsp3) is 0.250. The molecule has 2 aromatic carbocycles. The number of hydrogen-bond donors (Lipinski definition) is 0. The molecule has 0 fully saturated rings. The van der Waals surface area contributed by atoms with Crippen LogP contribution >= 0.6 is 0 Å².